The van der Waals surface area contributed by atoms with Crippen molar-refractivity contribution in [2.24, 2.45) is 5.92 Å². The van der Waals surface area contributed by atoms with Crippen molar-refractivity contribution in [3.05, 3.63) is 162 Å². The second-order valence-corrected chi connectivity index (χ2v) is 12.1. The van der Waals surface area contributed by atoms with Crippen molar-refractivity contribution >= 4 is 21.9 Å². The predicted octanol–water partition coefficient (Wildman–Crippen LogP) is 12.7. The number of hydrogen-bond donors (Lipinski definition) is 0. The third-order valence-corrected chi connectivity index (χ3v) is 8.85. The van der Waals surface area contributed by atoms with Crippen molar-refractivity contribution in [2.45, 2.75) is 65.7 Å². The number of nitrogens with zero attached hydrogens (tertiary/aromatic N) is 1. The zero-order valence-electron chi connectivity index (χ0n) is 27.4. The minimum atomic E-state index is 0.423. The van der Waals surface area contributed by atoms with Gasteiger partial charge < -0.3 is 0 Å². The zero-order chi connectivity index (χ0) is 31.6. The lowest BCUT2D eigenvalue weighted by atomic mass is 9.80. The molecule has 2 aliphatic carbocycles. The van der Waals surface area contributed by atoms with E-state index in [1.165, 1.54) is 55.3 Å². The molecular formula is C44H47N. The summed E-state index contributed by atoms with van der Waals surface area (Å²) in [6, 6.07) is 17.8. The minimum Gasteiger partial charge on any atom is -0.256 e. The first-order valence-electron chi connectivity index (χ1n) is 16.6. The Morgan fingerprint density at radius 1 is 0.978 bits per heavy atom. The normalized spacial score (nSPS) is 17.6. The van der Waals surface area contributed by atoms with Crippen LogP contribution in [0.1, 0.15) is 76.8 Å². The molecule has 1 heterocycles. The maximum Gasteiger partial charge on any atom is 0.0708 e. The molecule has 0 saturated carbocycles. The van der Waals surface area contributed by atoms with Crippen LogP contribution in [0, 0.1) is 5.92 Å². The Balaban J connectivity index is 1.68. The molecule has 1 unspecified atom stereocenters. The van der Waals surface area contributed by atoms with E-state index in [4.69, 9.17) is 4.98 Å². The van der Waals surface area contributed by atoms with Gasteiger partial charge in [0.15, 0.2) is 0 Å². The van der Waals surface area contributed by atoms with Crippen LogP contribution in [0.5, 0.6) is 0 Å². The lowest BCUT2D eigenvalue weighted by Crippen LogP contribution is -2.04. The monoisotopic (exact) mass is 589 g/mol. The summed E-state index contributed by atoms with van der Waals surface area (Å²) in [6.07, 6.45) is 31.8. The first-order valence-corrected chi connectivity index (χ1v) is 16.6. The fourth-order valence-electron chi connectivity index (χ4n) is 6.59. The van der Waals surface area contributed by atoms with Crippen molar-refractivity contribution in [2.75, 3.05) is 0 Å². The maximum atomic E-state index is 4.97. The fraction of sp³-hybridized carbons (Fsp3) is 0.250. The van der Waals surface area contributed by atoms with Gasteiger partial charge in [0.2, 0.25) is 0 Å². The van der Waals surface area contributed by atoms with Crippen LogP contribution in [-0.4, -0.2) is 4.98 Å². The molecule has 1 atom stereocenters. The van der Waals surface area contributed by atoms with Crippen molar-refractivity contribution < 1.29 is 0 Å². The van der Waals surface area contributed by atoms with Gasteiger partial charge in [0.25, 0.3) is 0 Å². The van der Waals surface area contributed by atoms with E-state index in [9.17, 15) is 0 Å². The number of benzene rings is 2. The fourth-order valence-corrected chi connectivity index (χ4v) is 6.59. The maximum absolute atomic E-state index is 4.97. The Labute approximate surface area is 271 Å². The first-order chi connectivity index (χ1) is 22.0. The molecule has 2 aromatic carbocycles. The van der Waals surface area contributed by atoms with Gasteiger partial charge in [-0.15, -0.1) is 6.58 Å². The summed E-state index contributed by atoms with van der Waals surface area (Å²) in [5, 5.41) is 2.44. The van der Waals surface area contributed by atoms with Gasteiger partial charge in [-0.2, -0.15) is 0 Å². The highest BCUT2D eigenvalue weighted by Crippen LogP contribution is 2.42. The van der Waals surface area contributed by atoms with Gasteiger partial charge >= 0.3 is 0 Å². The zero-order valence-corrected chi connectivity index (χ0v) is 27.4. The molecule has 2 aliphatic rings. The molecule has 1 nitrogen and oxygen atoms in total. The molecule has 0 amide bonds. The molecular weight excluding hydrogens is 542 g/mol. The van der Waals surface area contributed by atoms with E-state index in [-0.39, 0.29) is 0 Å². The molecule has 0 fully saturated rings. The number of pyridine rings is 1. The van der Waals surface area contributed by atoms with E-state index in [0.29, 0.717) is 5.92 Å². The van der Waals surface area contributed by atoms with Crippen LogP contribution in [0.15, 0.2) is 151 Å². The van der Waals surface area contributed by atoms with E-state index in [1.54, 1.807) is 0 Å². The lowest BCUT2D eigenvalue weighted by Gasteiger charge is -2.23. The van der Waals surface area contributed by atoms with E-state index in [0.717, 1.165) is 56.2 Å². The number of allylic oxidation sites excluding steroid dienone is 16. The van der Waals surface area contributed by atoms with Crippen LogP contribution < -0.4 is 0 Å². The molecule has 0 spiro atoms. The third-order valence-electron chi connectivity index (χ3n) is 8.85. The molecule has 3 aromatic rings. The standard InChI is InChI=1S/C44H47N/c1-6-9-20-34(17-7-2)30-33(5)37(18-8-3)44(38-23-14-13-19-32(38)4)42-27-16-24-39-40(42)25-15-26-41(39)43-29-28-36(31-45-43)35-21-11-10-12-22-35/h7-9,11,14-16,18,20-29,31,34H,2,4,6,10,12-13,17,19,30H2,1,3,5H3/b18-8-,20-9-,37-33-,44-38+. The smallest absolute Gasteiger partial charge is 0.0708 e. The van der Waals surface area contributed by atoms with E-state index >= 15 is 0 Å². The van der Waals surface area contributed by atoms with E-state index in [1.807, 2.05) is 12.3 Å². The summed E-state index contributed by atoms with van der Waals surface area (Å²) in [5.41, 5.74) is 12.2. The largest absolute Gasteiger partial charge is 0.256 e. The van der Waals surface area contributed by atoms with Gasteiger partial charge in [0, 0.05) is 11.8 Å². The summed E-state index contributed by atoms with van der Waals surface area (Å²) in [4.78, 5) is 4.97. The number of fused-ring (bicyclic) bond motifs is 1. The highest BCUT2D eigenvalue weighted by molar-refractivity contribution is 6.05. The van der Waals surface area contributed by atoms with Gasteiger partial charge in [-0.05, 0) is 121 Å². The topological polar surface area (TPSA) is 12.9 Å². The van der Waals surface area contributed by atoms with Crippen LogP contribution in [0.4, 0.5) is 0 Å². The molecule has 0 radical (unpaired) electrons. The number of hydrogen-bond acceptors (Lipinski definition) is 1. The Hall–Kier alpha value is -4.49. The summed E-state index contributed by atoms with van der Waals surface area (Å²) >= 11 is 0. The van der Waals surface area contributed by atoms with E-state index < -0.39 is 0 Å². The SMILES string of the molecule is C=CCC(/C=C\CC)C/C(C)=C(/C=C\C)C(=C1\C=CCCC1=C)\c1cccc2c(-c3ccc(C4=CCCC=C4)cn3)cccc12. The van der Waals surface area contributed by atoms with Crippen LogP contribution in [0.25, 0.3) is 33.2 Å². The molecule has 0 saturated heterocycles. The van der Waals surface area contributed by atoms with Crippen molar-refractivity contribution in [3.8, 4) is 11.3 Å². The molecule has 228 valence electrons. The second-order valence-electron chi connectivity index (χ2n) is 12.1. The average Bonchev–Trinajstić information content (AvgIpc) is 3.08. The van der Waals surface area contributed by atoms with Crippen LogP contribution >= 0.6 is 0 Å². The summed E-state index contributed by atoms with van der Waals surface area (Å²) in [6.45, 7) is 15.2. The third kappa shape index (κ3) is 7.43. The summed E-state index contributed by atoms with van der Waals surface area (Å²) in [7, 11) is 0. The molecule has 0 aliphatic heterocycles. The van der Waals surface area contributed by atoms with Gasteiger partial charge in [-0.1, -0.05) is 122 Å². The quantitative estimate of drug-likeness (QED) is 0.160. The Bertz CT molecular complexity index is 1760. The van der Waals surface area contributed by atoms with Crippen LogP contribution in [-0.2, 0) is 0 Å². The minimum absolute atomic E-state index is 0.423. The van der Waals surface area contributed by atoms with Crippen LogP contribution in [0.2, 0.25) is 0 Å². The van der Waals surface area contributed by atoms with Gasteiger partial charge in [-0.3, -0.25) is 4.98 Å². The van der Waals surface area contributed by atoms with Crippen LogP contribution in [0.3, 0.4) is 0 Å². The molecule has 5 rings (SSSR count). The molecule has 45 heavy (non-hydrogen) atoms. The van der Waals surface area contributed by atoms with E-state index in [2.05, 4.69) is 137 Å². The van der Waals surface area contributed by atoms with Gasteiger partial charge in [0.1, 0.15) is 0 Å². The van der Waals surface area contributed by atoms with Crippen molar-refractivity contribution in [1.29, 1.82) is 0 Å². The molecule has 1 heteroatoms. The number of rotatable bonds is 11. The van der Waals surface area contributed by atoms with Gasteiger partial charge in [-0.25, -0.2) is 0 Å². The van der Waals surface area contributed by atoms with Crippen molar-refractivity contribution in [1.82, 2.24) is 4.98 Å². The first kappa shape index (κ1) is 31.9. The lowest BCUT2D eigenvalue weighted by molar-refractivity contribution is 0.651. The second kappa shape index (κ2) is 15.5. The molecule has 0 bridgehead atoms. The molecule has 0 N–H and O–H groups in total. The summed E-state index contributed by atoms with van der Waals surface area (Å²) < 4.78 is 0. The Morgan fingerprint density at radius 2 is 1.80 bits per heavy atom. The Morgan fingerprint density at radius 3 is 2.51 bits per heavy atom. The average molecular weight is 590 g/mol. The molecule has 1 aromatic heterocycles. The highest BCUT2D eigenvalue weighted by atomic mass is 14.7. The highest BCUT2D eigenvalue weighted by Gasteiger charge is 2.21. The Kier molecular flexibility index (Phi) is 11.0. The summed E-state index contributed by atoms with van der Waals surface area (Å²) in [5.74, 6) is 0.423. The number of aromatic nitrogens is 1. The predicted molar refractivity (Wildman–Crippen MR) is 198 cm³/mol. The van der Waals surface area contributed by atoms with Crippen molar-refractivity contribution in [3.63, 3.8) is 0 Å². The van der Waals surface area contributed by atoms with Gasteiger partial charge in [0.05, 0.1) is 5.69 Å².